The van der Waals surface area contributed by atoms with Crippen molar-refractivity contribution >= 4 is 8.32 Å². The van der Waals surface area contributed by atoms with Crippen molar-refractivity contribution in [2.24, 2.45) is 0 Å². The minimum atomic E-state index is -1.41. The molecule has 0 saturated carbocycles. The minimum absolute atomic E-state index is 0.0364. The summed E-state index contributed by atoms with van der Waals surface area (Å²) in [6.07, 6.45) is 3.28. The fourth-order valence-corrected chi connectivity index (χ4v) is 2.73. The quantitative estimate of drug-likeness (QED) is 0.354. The molecule has 1 aliphatic rings. The molecule has 1 rings (SSSR count). The molecule has 0 bridgehead atoms. The van der Waals surface area contributed by atoms with Crippen LogP contribution in [0.5, 0.6) is 0 Å². The van der Waals surface area contributed by atoms with Crippen molar-refractivity contribution in [3.63, 3.8) is 0 Å². The van der Waals surface area contributed by atoms with Crippen LogP contribution in [0.1, 0.15) is 19.3 Å². The van der Waals surface area contributed by atoms with E-state index in [1.54, 1.807) is 0 Å². The third-order valence-corrected chi connectivity index (χ3v) is 4.25. The van der Waals surface area contributed by atoms with Crippen LogP contribution < -0.4 is 0 Å². The summed E-state index contributed by atoms with van der Waals surface area (Å²) in [5, 5.41) is 0. The molecule has 0 aromatic heterocycles. The van der Waals surface area contributed by atoms with Crippen molar-refractivity contribution in [1.29, 1.82) is 0 Å². The van der Waals surface area contributed by atoms with Crippen LogP contribution in [-0.2, 0) is 28.1 Å². The molecule has 1 atom stereocenters. The first-order chi connectivity index (χ1) is 11.1. The van der Waals surface area contributed by atoms with Crippen LogP contribution in [0.15, 0.2) is 0 Å². The van der Waals surface area contributed by atoms with Gasteiger partial charge in [0.15, 0.2) is 14.6 Å². The highest BCUT2D eigenvalue weighted by molar-refractivity contribution is 6.69. The summed E-state index contributed by atoms with van der Waals surface area (Å²) in [6, 6.07) is 0. The van der Waals surface area contributed by atoms with Crippen molar-refractivity contribution in [3.8, 4) is 0 Å². The number of rotatable bonds is 14. The maximum atomic E-state index is 5.69. The summed E-state index contributed by atoms with van der Waals surface area (Å²) in [7, 11) is -1.41. The molecule has 7 heteroatoms. The Labute approximate surface area is 141 Å². The Morgan fingerprint density at radius 3 is 1.87 bits per heavy atom. The van der Waals surface area contributed by atoms with E-state index < -0.39 is 8.32 Å². The molecule has 0 amide bonds. The van der Waals surface area contributed by atoms with Gasteiger partial charge in [-0.2, -0.15) is 0 Å². The van der Waals surface area contributed by atoms with E-state index in [9.17, 15) is 0 Å². The van der Waals surface area contributed by atoms with E-state index in [0.717, 1.165) is 19.4 Å². The Bertz CT molecular complexity index is 266. The molecule has 0 aromatic rings. The number of hydrogen-bond donors (Lipinski definition) is 0. The van der Waals surface area contributed by atoms with E-state index in [1.807, 2.05) is 0 Å². The molecule has 138 valence electrons. The van der Waals surface area contributed by atoms with Crippen molar-refractivity contribution < 1.29 is 28.1 Å². The smallest absolute Gasteiger partial charge is 0.183 e. The second-order valence-electron chi connectivity index (χ2n) is 6.46. The maximum Gasteiger partial charge on any atom is 0.183 e. The van der Waals surface area contributed by atoms with Gasteiger partial charge in [-0.1, -0.05) is 0 Å². The van der Waals surface area contributed by atoms with Crippen LogP contribution in [0.3, 0.4) is 0 Å². The Hall–Kier alpha value is -0.0231. The van der Waals surface area contributed by atoms with Crippen LogP contribution in [0, 0.1) is 0 Å². The van der Waals surface area contributed by atoms with Crippen molar-refractivity contribution in [2.75, 3.05) is 59.5 Å². The molecule has 0 N–H and O–H groups in total. The van der Waals surface area contributed by atoms with Crippen LogP contribution in [0.4, 0.5) is 0 Å². The molecule has 1 heterocycles. The fourth-order valence-electron chi connectivity index (χ4n) is 2.03. The highest BCUT2D eigenvalue weighted by Crippen LogP contribution is 2.13. The van der Waals surface area contributed by atoms with Crippen LogP contribution in [-0.4, -0.2) is 74.1 Å². The zero-order valence-corrected chi connectivity index (χ0v) is 16.0. The molecule has 1 aliphatic heterocycles. The molecular weight excluding hydrogens is 316 g/mol. The van der Waals surface area contributed by atoms with Gasteiger partial charge >= 0.3 is 0 Å². The first kappa shape index (κ1) is 21.0. The molecule has 1 saturated heterocycles. The summed E-state index contributed by atoms with van der Waals surface area (Å²) >= 11 is 0. The summed E-state index contributed by atoms with van der Waals surface area (Å²) < 4.78 is 33.0. The minimum Gasteiger partial charge on any atom is -0.415 e. The van der Waals surface area contributed by atoms with E-state index in [-0.39, 0.29) is 6.29 Å². The Kier molecular flexibility index (Phi) is 12.1. The van der Waals surface area contributed by atoms with Gasteiger partial charge in [-0.15, -0.1) is 0 Å². The number of hydrogen-bond acceptors (Lipinski definition) is 6. The summed E-state index contributed by atoms with van der Waals surface area (Å²) in [4.78, 5) is 0. The Balaban J connectivity index is 1.71. The van der Waals surface area contributed by atoms with E-state index in [4.69, 9.17) is 28.1 Å². The third kappa shape index (κ3) is 14.1. The average Bonchev–Trinajstić information content (AvgIpc) is 2.52. The second kappa shape index (κ2) is 13.3. The van der Waals surface area contributed by atoms with Gasteiger partial charge in [0.25, 0.3) is 0 Å². The average molecular weight is 351 g/mol. The van der Waals surface area contributed by atoms with E-state index in [1.165, 1.54) is 6.42 Å². The van der Waals surface area contributed by atoms with Crippen molar-refractivity contribution in [1.82, 2.24) is 0 Å². The normalized spacial score (nSPS) is 19.2. The van der Waals surface area contributed by atoms with Gasteiger partial charge in [0.05, 0.1) is 52.9 Å². The molecule has 1 unspecified atom stereocenters. The largest absolute Gasteiger partial charge is 0.415 e. The maximum absolute atomic E-state index is 5.69. The molecule has 0 aromatic carbocycles. The van der Waals surface area contributed by atoms with Gasteiger partial charge in [0.1, 0.15) is 0 Å². The SMILES string of the molecule is C[Si](C)(C)OCCOCCOCCOCCOC1CCCCO1. The lowest BCUT2D eigenvalue weighted by Gasteiger charge is -2.22. The molecule has 23 heavy (non-hydrogen) atoms. The monoisotopic (exact) mass is 350 g/mol. The van der Waals surface area contributed by atoms with Gasteiger partial charge in [-0.25, -0.2) is 0 Å². The highest BCUT2D eigenvalue weighted by Gasteiger charge is 2.13. The van der Waals surface area contributed by atoms with Crippen LogP contribution in [0.2, 0.25) is 19.6 Å². The van der Waals surface area contributed by atoms with E-state index >= 15 is 0 Å². The van der Waals surface area contributed by atoms with Gasteiger partial charge in [-0.3, -0.25) is 0 Å². The topological polar surface area (TPSA) is 55.4 Å². The fraction of sp³-hybridized carbons (Fsp3) is 1.00. The third-order valence-electron chi connectivity index (χ3n) is 3.18. The summed E-state index contributed by atoms with van der Waals surface area (Å²) in [5.74, 6) is 0. The zero-order valence-electron chi connectivity index (χ0n) is 15.0. The van der Waals surface area contributed by atoms with Crippen LogP contribution >= 0.6 is 0 Å². The molecule has 1 fully saturated rings. The number of ether oxygens (including phenoxy) is 5. The Morgan fingerprint density at radius 2 is 1.35 bits per heavy atom. The highest BCUT2D eigenvalue weighted by atomic mass is 28.4. The lowest BCUT2D eigenvalue weighted by molar-refractivity contribution is -0.169. The van der Waals surface area contributed by atoms with Crippen LogP contribution in [0.25, 0.3) is 0 Å². The zero-order chi connectivity index (χ0) is 16.8. The van der Waals surface area contributed by atoms with Crippen molar-refractivity contribution in [3.05, 3.63) is 0 Å². The van der Waals surface area contributed by atoms with Gasteiger partial charge in [-0.05, 0) is 38.9 Å². The molecule has 6 nitrogen and oxygen atoms in total. The standard InChI is InChI=1S/C16H34O6Si/c1-23(2,3)22-15-13-19-11-9-17-8-10-18-12-14-21-16-6-4-5-7-20-16/h16H,4-15H2,1-3H3. The molecule has 0 spiro atoms. The predicted molar refractivity (Wildman–Crippen MR) is 91.3 cm³/mol. The van der Waals surface area contributed by atoms with Gasteiger partial charge in [0.2, 0.25) is 0 Å². The summed E-state index contributed by atoms with van der Waals surface area (Å²) in [5.41, 5.74) is 0. The first-order valence-corrected chi connectivity index (χ1v) is 12.1. The predicted octanol–water partition coefficient (Wildman–Crippen LogP) is 2.43. The van der Waals surface area contributed by atoms with Crippen molar-refractivity contribution in [2.45, 2.75) is 45.2 Å². The lowest BCUT2D eigenvalue weighted by Crippen LogP contribution is -2.27. The molecule has 0 aliphatic carbocycles. The Morgan fingerprint density at radius 1 is 0.783 bits per heavy atom. The molecular formula is C16H34O6Si. The second-order valence-corrected chi connectivity index (χ2v) is 11.0. The van der Waals surface area contributed by atoms with Gasteiger partial charge in [0, 0.05) is 6.61 Å². The van der Waals surface area contributed by atoms with E-state index in [0.29, 0.717) is 52.9 Å². The van der Waals surface area contributed by atoms with E-state index in [2.05, 4.69) is 19.6 Å². The molecule has 0 radical (unpaired) electrons. The lowest BCUT2D eigenvalue weighted by atomic mass is 10.2. The van der Waals surface area contributed by atoms with Gasteiger partial charge < -0.3 is 28.1 Å². The first-order valence-electron chi connectivity index (χ1n) is 8.68. The summed E-state index contributed by atoms with van der Waals surface area (Å²) in [6.45, 7) is 12.1.